The van der Waals surface area contributed by atoms with Gasteiger partial charge < -0.3 is 10.3 Å². The molecule has 5 nitrogen and oxygen atoms in total. The fourth-order valence-electron chi connectivity index (χ4n) is 1.75. The van der Waals surface area contributed by atoms with Gasteiger partial charge in [0, 0.05) is 10.0 Å². The number of hydrogen-bond acceptors (Lipinski definition) is 5. The predicted octanol–water partition coefficient (Wildman–Crippen LogP) is 3.45. The number of nitrogens with two attached hydrogens (primary N) is 1. The first-order valence-electron chi connectivity index (χ1n) is 5.96. The molecule has 0 saturated heterocycles. The first-order valence-corrected chi connectivity index (χ1v) is 6.76. The van der Waals surface area contributed by atoms with Gasteiger partial charge in [0.05, 0.1) is 0 Å². The van der Waals surface area contributed by atoms with Crippen LogP contribution in [0.2, 0.25) is 0 Å². The molecule has 0 aliphatic carbocycles. The Bertz CT molecular complexity index is 769. The van der Waals surface area contributed by atoms with Crippen molar-refractivity contribution in [2.45, 2.75) is 6.92 Å². The van der Waals surface area contributed by atoms with Gasteiger partial charge in [-0.05, 0) is 30.7 Å². The van der Waals surface area contributed by atoms with Gasteiger partial charge in [-0.2, -0.15) is 4.98 Å². The topological polar surface area (TPSA) is 77.8 Å². The summed E-state index contributed by atoms with van der Waals surface area (Å²) >= 11 is 3.49. The lowest BCUT2D eigenvalue weighted by atomic mass is 10.1. The van der Waals surface area contributed by atoms with Crippen molar-refractivity contribution in [3.8, 4) is 23.0 Å². The summed E-state index contributed by atoms with van der Waals surface area (Å²) in [7, 11) is 0. The first kappa shape index (κ1) is 12.8. The summed E-state index contributed by atoms with van der Waals surface area (Å²) in [5.74, 6) is 1.29. The lowest BCUT2D eigenvalue weighted by molar-refractivity contribution is 0.431. The lowest BCUT2D eigenvalue weighted by Crippen LogP contribution is -1.91. The number of aromatic nitrogens is 3. The van der Waals surface area contributed by atoms with E-state index in [-0.39, 0.29) is 0 Å². The van der Waals surface area contributed by atoms with Gasteiger partial charge in [-0.1, -0.05) is 39.3 Å². The van der Waals surface area contributed by atoms with E-state index in [2.05, 4.69) is 31.1 Å². The fourth-order valence-corrected chi connectivity index (χ4v) is 2.13. The van der Waals surface area contributed by atoms with Crippen molar-refractivity contribution in [3.05, 3.63) is 46.4 Å². The normalized spacial score (nSPS) is 10.7. The molecule has 2 N–H and O–H groups in total. The number of halogens is 1. The molecule has 100 valence electrons. The van der Waals surface area contributed by atoms with Gasteiger partial charge in [0.1, 0.15) is 11.5 Å². The summed E-state index contributed by atoms with van der Waals surface area (Å²) in [4.78, 5) is 8.50. The standard InChI is InChI=1S/C14H11BrN4O/c1-8-5-6-9(7-10(8)15)13-18-14(20-19-13)11-3-2-4-12(16)17-11/h2-7H,1H3,(H2,16,17). The Morgan fingerprint density at radius 1 is 1.15 bits per heavy atom. The van der Waals surface area contributed by atoms with Crippen molar-refractivity contribution < 1.29 is 4.52 Å². The minimum Gasteiger partial charge on any atom is -0.384 e. The first-order chi connectivity index (χ1) is 9.63. The van der Waals surface area contributed by atoms with Crippen LogP contribution >= 0.6 is 15.9 Å². The maximum atomic E-state index is 5.64. The van der Waals surface area contributed by atoms with Crippen LogP contribution in [-0.2, 0) is 0 Å². The number of nitrogen functional groups attached to an aromatic ring is 1. The van der Waals surface area contributed by atoms with Crippen LogP contribution in [0.5, 0.6) is 0 Å². The van der Waals surface area contributed by atoms with E-state index in [4.69, 9.17) is 10.3 Å². The van der Waals surface area contributed by atoms with E-state index < -0.39 is 0 Å². The molecule has 0 bridgehead atoms. The Labute approximate surface area is 124 Å². The maximum absolute atomic E-state index is 5.64. The van der Waals surface area contributed by atoms with Crippen molar-refractivity contribution >= 4 is 21.7 Å². The number of nitrogens with zero attached hydrogens (tertiary/aromatic N) is 3. The number of anilines is 1. The zero-order chi connectivity index (χ0) is 14.1. The molecule has 2 heterocycles. The smallest absolute Gasteiger partial charge is 0.276 e. The summed E-state index contributed by atoms with van der Waals surface area (Å²) in [6, 6.07) is 11.2. The molecule has 0 unspecified atom stereocenters. The van der Waals surface area contributed by atoms with Gasteiger partial charge in [-0.3, -0.25) is 0 Å². The second-order valence-corrected chi connectivity index (χ2v) is 5.19. The summed E-state index contributed by atoms with van der Waals surface area (Å²) in [5, 5.41) is 3.98. The van der Waals surface area contributed by atoms with E-state index in [1.54, 1.807) is 18.2 Å². The Morgan fingerprint density at radius 3 is 2.75 bits per heavy atom. The molecule has 0 atom stereocenters. The van der Waals surface area contributed by atoms with Crippen LogP contribution in [-0.4, -0.2) is 15.1 Å². The molecule has 3 rings (SSSR count). The van der Waals surface area contributed by atoms with Crippen LogP contribution in [0, 0.1) is 6.92 Å². The highest BCUT2D eigenvalue weighted by Crippen LogP contribution is 2.25. The van der Waals surface area contributed by atoms with E-state index in [0.717, 1.165) is 15.6 Å². The molecule has 0 aliphatic heterocycles. The van der Waals surface area contributed by atoms with Crippen molar-refractivity contribution in [3.63, 3.8) is 0 Å². The average molecular weight is 331 g/mol. The van der Waals surface area contributed by atoms with E-state index in [0.29, 0.717) is 23.2 Å². The number of benzene rings is 1. The Hall–Kier alpha value is -2.21. The van der Waals surface area contributed by atoms with Gasteiger partial charge in [0.25, 0.3) is 5.89 Å². The van der Waals surface area contributed by atoms with Crippen molar-refractivity contribution in [2.75, 3.05) is 5.73 Å². The summed E-state index contributed by atoms with van der Waals surface area (Å²) in [6.07, 6.45) is 0. The van der Waals surface area contributed by atoms with Gasteiger partial charge in [0.2, 0.25) is 5.82 Å². The maximum Gasteiger partial charge on any atom is 0.276 e. The Balaban J connectivity index is 1.99. The number of pyridine rings is 1. The van der Waals surface area contributed by atoms with Crippen molar-refractivity contribution in [1.82, 2.24) is 15.1 Å². The van der Waals surface area contributed by atoms with Crippen molar-refractivity contribution in [1.29, 1.82) is 0 Å². The highest BCUT2D eigenvalue weighted by molar-refractivity contribution is 9.10. The third kappa shape index (κ3) is 2.42. The predicted molar refractivity (Wildman–Crippen MR) is 79.8 cm³/mol. The molecule has 0 aliphatic rings. The van der Waals surface area contributed by atoms with Crippen LogP contribution < -0.4 is 5.73 Å². The van der Waals surface area contributed by atoms with Crippen molar-refractivity contribution in [2.24, 2.45) is 0 Å². The molecular weight excluding hydrogens is 320 g/mol. The molecule has 1 aromatic carbocycles. The summed E-state index contributed by atoms with van der Waals surface area (Å²) < 4.78 is 6.24. The zero-order valence-corrected chi connectivity index (χ0v) is 12.3. The Morgan fingerprint density at radius 2 is 2.00 bits per heavy atom. The SMILES string of the molecule is Cc1ccc(-c2noc(-c3cccc(N)n3)n2)cc1Br. The monoisotopic (exact) mass is 330 g/mol. The van der Waals surface area contributed by atoms with E-state index >= 15 is 0 Å². The van der Waals surface area contributed by atoms with Crippen LogP contribution in [0.25, 0.3) is 23.0 Å². The second-order valence-electron chi connectivity index (χ2n) is 4.33. The molecule has 2 aromatic heterocycles. The van der Waals surface area contributed by atoms with E-state index in [1.807, 2.05) is 25.1 Å². The average Bonchev–Trinajstić information content (AvgIpc) is 2.92. The highest BCUT2D eigenvalue weighted by Gasteiger charge is 2.12. The van der Waals surface area contributed by atoms with Crippen LogP contribution in [0.3, 0.4) is 0 Å². The highest BCUT2D eigenvalue weighted by atomic mass is 79.9. The third-order valence-electron chi connectivity index (χ3n) is 2.85. The number of aryl methyl sites for hydroxylation is 1. The van der Waals surface area contributed by atoms with Gasteiger partial charge in [-0.15, -0.1) is 0 Å². The molecule has 20 heavy (non-hydrogen) atoms. The quantitative estimate of drug-likeness (QED) is 0.778. The summed E-state index contributed by atoms with van der Waals surface area (Å²) in [5.41, 5.74) is 8.23. The molecule has 0 amide bonds. The minimum absolute atomic E-state index is 0.351. The van der Waals surface area contributed by atoms with E-state index in [1.165, 1.54) is 0 Å². The third-order valence-corrected chi connectivity index (χ3v) is 3.70. The minimum atomic E-state index is 0.351. The van der Waals surface area contributed by atoms with Crippen LogP contribution in [0.1, 0.15) is 5.56 Å². The summed E-state index contributed by atoms with van der Waals surface area (Å²) in [6.45, 7) is 2.02. The van der Waals surface area contributed by atoms with Crippen LogP contribution in [0.4, 0.5) is 5.82 Å². The molecule has 0 radical (unpaired) electrons. The second kappa shape index (κ2) is 5.05. The zero-order valence-electron chi connectivity index (χ0n) is 10.7. The number of rotatable bonds is 2. The number of hydrogen-bond donors (Lipinski definition) is 1. The largest absolute Gasteiger partial charge is 0.384 e. The van der Waals surface area contributed by atoms with Gasteiger partial charge in [0.15, 0.2) is 0 Å². The van der Waals surface area contributed by atoms with Crippen LogP contribution in [0.15, 0.2) is 45.4 Å². The molecular formula is C14H11BrN4O. The lowest BCUT2D eigenvalue weighted by Gasteiger charge is -1.99. The molecule has 3 aromatic rings. The molecule has 0 spiro atoms. The van der Waals surface area contributed by atoms with Gasteiger partial charge >= 0.3 is 0 Å². The fraction of sp³-hybridized carbons (Fsp3) is 0.0714. The Kier molecular flexibility index (Phi) is 3.23. The van der Waals surface area contributed by atoms with Gasteiger partial charge in [-0.25, -0.2) is 4.98 Å². The molecule has 6 heteroatoms. The van der Waals surface area contributed by atoms with E-state index in [9.17, 15) is 0 Å². The molecule has 0 fully saturated rings. The molecule has 0 saturated carbocycles.